The van der Waals surface area contributed by atoms with Gasteiger partial charge in [-0.05, 0) is 36.4 Å². The summed E-state index contributed by atoms with van der Waals surface area (Å²) in [5.41, 5.74) is 7.36. The number of nitrogens with two attached hydrogens (primary N) is 1. The van der Waals surface area contributed by atoms with Crippen LogP contribution in [0.5, 0.6) is 0 Å². The second-order valence-corrected chi connectivity index (χ2v) is 4.55. The number of benzene rings is 1. The fourth-order valence-corrected chi connectivity index (χ4v) is 2.39. The number of hydrogen-bond acceptors (Lipinski definition) is 5. The van der Waals surface area contributed by atoms with Crippen molar-refractivity contribution in [2.75, 3.05) is 0 Å². The van der Waals surface area contributed by atoms with Crippen molar-refractivity contribution in [3.05, 3.63) is 47.8 Å². The number of aryl methyl sites for hydroxylation is 1. The van der Waals surface area contributed by atoms with E-state index in [0.717, 1.165) is 10.5 Å². The van der Waals surface area contributed by atoms with Crippen molar-refractivity contribution in [1.82, 2.24) is 9.97 Å². The summed E-state index contributed by atoms with van der Waals surface area (Å²) in [6.45, 7) is 1.96. The van der Waals surface area contributed by atoms with E-state index in [9.17, 15) is 0 Å². The predicted molar refractivity (Wildman–Crippen MR) is 69.8 cm³/mol. The highest BCUT2D eigenvalue weighted by Gasteiger charge is 2.12. The molecule has 0 bridgehead atoms. The predicted octanol–water partition coefficient (Wildman–Crippen LogP) is 2.03. The molecule has 0 aliphatic heterocycles. The van der Waals surface area contributed by atoms with Gasteiger partial charge in [0.15, 0.2) is 11.0 Å². The second kappa shape index (κ2) is 5.50. The molecule has 92 valence electrons. The Morgan fingerprint density at radius 1 is 1.28 bits per heavy atom. The normalized spacial score (nSPS) is 11.5. The van der Waals surface area contributed by atoms with Gasteiger partial charge >= 0.3 is 0 Å². The second-order valence-electron chi connectivity index (χ2n) is 3.57. The van der Waals surface area contributed by atoms with Gasteiger partial charge in [-0.15, -0.1) is 0 Å². The fraction of sp³-hybridized carbons (Fsp3) is 0.0833. The molecule has 0 atom stereocenters. The molecule has 0 aliphatic rings. The molecule has 3 N–H and O–H groups in total. The molecule has 6 heteroatoms. The summed E-state index contributed by atoms with van der Waals surface area (Å²) in [5.74, 6) is 0.0807. The van der Waals surface area contributed by atoms with Crippen molar-refractivity contribution < 1.29 is 5.21 Å². The molecule has 1 heterocycles. The average Bonchev–Trinajstić information content (AvgIpc) is 2.41. The molecule has 0 amide bonds. The Bertz CT molecular complexity index is 572. The van der Waals surface area contributed by atoms with E-state index in [1.54, 1.807) is 24.5 Å². The number of nitrogens with zero attached hydrogens (tertiary/aromatic N) is 3. The molecule has 5 nitrogen and oxygen atoms in total. The van der Waals surface area contributed by atoms with Crippen LogP contribution in [0.25, 0.3) is 0 Å². The van der Waals surface area contributed by atoms with Gasteiger partial charge in [-0.25, -0.2) is 9.97 Å². The number of hydrogen-bond donors (Lipinski definition) is 2. The first kappa shape index (κ1) is 12.4. The lowest BCUT2D eigenvalue weighted by atomic mass is 10.1. The highest BCUT2D eigenvalue weighted by Crippen LogP contribution is 2.30. The minimum absolute atomic E-state index is 0.0807. The Hall–Kier alpha value is -2.08. The van der Waals surface area contributed by atoms with Gasteiger partial charge in [0.25, 0.3) is 0 Å². The molecule has 0 aliphatic carbocycles. The van der Waals surface area contributed by atoms with Crippen LogP contribution in [0.3, 0.4) is 0 Å². The van der Waals surface area contributed by atoms with E-state index in [4.69, 9.17) is 10.9 Å². The standard InChI is InChI=1S/C12H12N4OS/c1-8-4-2-5-9(11(13)16-17)10(8)18-12-14-6-3-7-15-12/h2-7,17H,1H3,(H2,13,16). The quantitative estimate of drug-likeness (QED) is 0.290. The highest BCUT2D eigenvalue weighted by molar-refractivity contribution is 7.99. The van der Waals surface area contributed by atoms with E-state index < -0.39 is 0 Å². The number of rotatable bonds is 3. The number of amidine groups is 1. The SMILES string of the molecule is Cc1cccc(/C(N)=N/O)c1Sc1ncccn1. The molecule has 1 aromatic carbocycles. The van der Waals surface area contributed by atoms with E-state index in [1.807, 2.05) is 19.1 Å². The smallest absolute Gasteiger partial charge is 0.192 e. The molecule has 1 aromatic heterocycles. The molecule has 2 rings (SSSR count). The summed E-state index contributed by atoms with van der Waals surface area (Å²) < 4.78 is 0. The Kier molecular flexibility index (Phi) is 3.78. The van der Waals surface area contributed by atoms with Crippen molar-refractivity contribution in [2.45, 2.75) is 17.0 Å². The maximum Gasteiger partial charge on any atom is 0.192 e. The maximum absolute atomic E-state index is 8.79. The lowest BCUT2D eigenvalue weighted by Crippen LogP contribution is -2.14. The van der Waals surface area contributed by atoms with E-state index in [2.05, 4.69) is 15.1 Å². The first-order valence-corrected chi connectivity index (χ1v) is 6.06. The van der Waals surface area contributed by atoms with E-state index >= 15 is 0 Å². The summed E-state index contributed by atoms with van der Waals surface area (Å²) >= 11 is 1.39. The zero-order valence-corrected chi connectivity index (χ0v) is 10.6. The summed E-state index contributed by atoms with van der Waals surface area (Å²) in [7, 11) is 0. The van der Waals surface area contributed by atoms with Gasteiger partial charge in [0, 0.05) is 22.9 Å². The number of aromatic nitrogens is 2. The topological polar surface area (TPSA) is 84.4 Å². The van der Waals surface area contributed by atoms with Crippen molar-refractivity contribution in [3.8, 4) is 0 Å². The van der Waals surface area contributed by atoms with E-state index in [0.29, 0.717) is 10.7 Å². The fourth-order valence-electron chi connectivity index (χ4n) is 1.47. The van der Waals surface area contributed by atoms with Crippen LogP contribution in [0.1, 0.15) is 11.1 Å². The highest BCUT2D eigenvalue weighted by atomic mass is 32.2. The Labute approximate surface area is 109 Å². The molecular formula is C12H12N4OS. The first-order valence-electron chi connectivity index (χ1n) is 5.24. The van der Waals surface area contributed by atoms with Crippen molar-refractivity contribution in [1.29, 1.82) is 0 Å². The summed E-state index contributed by atoms with van der Waals surface area (Å²) in [6.07, 6.45) is 3.35. The molecular weight excluding hydrogens is 248 g/mol. The zero-order chi connectivity index (χ0) is 13.0. The molecule has 18 heavy (non-hydrogen) atoms. The van der Waals surface area contributed by atoms with Gasteiger partial charge in [-0.1, -0.05) is 17.3 Å². The van der Waals surface area contributed by atoms with Gasteiger partial charge in [0.05, 0.1) is 0 Å². The van der Waals surface area contributed by atoms with Crippen LogP contribution in [-0.4, -0.2) is 21.0 Å². The number of oxime groups is 1. The Morgan fingerprint density at radius 2 is 2.00 bits per heavy atom. The first-order chi connectivity index (χ1) is 8.72. The van der Waals surface area contributed by atoms with Crippen LogP contribution >= 0.6 is 11.8 Å². The van der Waals surface area contributed by atoms with Gasteiger partial charge in [-0.2, -0.15) is 0 Å². The Balaban J connectivity index is 2.44. The molecule has 0 fully saturated rings. The molecule has 0 radical (unpaired) electrons. The molecule has 0 unspecified atom stereocenters. The Morgan fingerprint density at radius 3 is 2.67 bits per heavy atom. The van der Waals surface area contributed by atoms with Crippen LogP contribution in [0.2, 0.25) is 0 Å². The summed E-state index contributed by atoms with van der Waals surface area (Å²) in [5, 5.41) is 12.5. The van der Waals surface area contributed by atoms with Crippen molar-refractivity contribution in [2.24, 2.45) is 10.9 Å². The van der Waals surface area contributed by atoms with E-state index in [-0.39, 0.29) is 5.84 Å². The molecule has 0 spiro atoms. The van der Waals surface area contributed by atoms with Crippen molar-refractivity contribution in [3.63, 3.8) is 0 Å². The third kappa shape index (κ3) is 2.60. The van der Waals surface area contributed by atoms with Crippen LogP contribution in [0, 0.1) is 6.92 Å². The minimum Gasteiger partial charge on any atom is -0.409 e. The van der Waals surface area contributed by atoms with Crippen molar-refractivity contribution >= 4 is 17.6 Å². The summed E-state index contributed by atoms with van der Waals surface area (Å²) in [4.78, 5) is 9.19. The minimum atomic E-state index is 0.0807. The van der Waals surface area contributed by atoms with Crippen LogP contribution in [0.4, 0.5) is 0 Å². The van der Waals surface area contributed by atoms with Crippen LogP contribution < -0.4 is 5.73 Å². The molecule has 0 saturated heterocycles. The molecule has 2 aromatic rings. The van der Waals surface area contributed by atoms with E-state index in [1.165, 1.54) is 11.8 Å². The van der Waals surface area contributed by atoms with Gasteiger partial charge in [0.1, 0.15) is 0 Å². The largest absolute Gasteiger partial charge is 0.409 e. The van der Waals surface area contributed by atoms with Crippen LogP contribution in [-0.2, 0) is 0 Å². The third-order valence-electron chi connectivity index (χ3n) is 2.33. The van der Waals surface area contributed by atoms with Gasteiger partial charge in [-0.3, -0.25) is 0 Å². The lowest BCUT2D eigenvalue weighted by molar-refractivity contribution is 0.318. The zero-order valence-electron chi connectivity index (χ0n) is 9.74. The monoisotopic (exact) mass is 260 g/mol. The summed E-state index contributed by atoms with van der Waals surface area (Å²) in [6, 6.07) is 7.37. The van der Waals surface area contributed by atoms with Gasteiger partial charge < -0.3 is 10.9 Å². The third-order valence-corrected chi connectivity index (χ3v) is 3.47. The lowest BCUT2D eigenvalue weighted by Gasteiger charge is -2.09. The maximum atomic E-state index is 8.79. The van der Waals surface area contributed by atoms with Crippen LogP contribution in [0.15, 0.2) is 51.9 Å². The van der Waals surface area contributed by atoms with Gasteiger partial charge in [0.2, 0.25) is 0 Å². The average molecular weight is 260 g/mol. The molecule has 0 saturated carbocycles.